The molecule has 0 N–H and O–H groups in total. The highest BCUT2D eigenvalue weighted by atomic mass is 15.2. The zero-order chi connectivity index (χ0) is 10.3. The summed E-state index contributed by atoms with van der Waals surface area (Å²) in [5.74, 6) is 1.92. The van der Waals surface area contributed by atoms with Gasteiger partial charge in [0.2, 0.25) is 0 Å². The Morgan fingerprint density at radius 3 is 2.21 bits per heavy atom. The predicted octanol–water partition coefficient (Wildman–Crippen LogP) is 3.15. The SMILES string of the molecule is CC(C)[C@H]1CCC2(C1)CN(C(C)C)C2. The Hall–Kier alpha value is -0.0400. The highest BCUT2D eigenvalue weighted by Crippen LogP contribution is 2.50. The molecule has 0 aromatic rings. The third-order valence-electron chi connectivity index (χ3n) is 4.49. The highest BCUT2D eigenvalue weighted by molar-refractivity contribution is 5.01. The number of rotatable bonds is 2. The summed E-state index contributed by atoms with van der Waals surface area (Å²) in [4.78, 5) is 2.63. The molecule has 1 aliphatic carbocycles. The molecule has 0 bridgehead atoms. The molecule has 0 aromatic carbocycles. The largest absolute Gasteiger partial charge is 0.300 e. The standard InChI is InChI=1S/C13H25N/c1-10(2)12-5-6-13(7-12)8-14(9-13)11(3)4/h10-12H,5-9H2,1-4H3/t12-/m0/s1. The topological polar surface area (TPSA) is 3.24 Å². The van der Waals surface area contributed by atoms with Crippen molar-refractivity contribution in [1.82, 2.24) is 4.90 Å². The van der Waals surface area contributed by atoms with Gasteiger partial charge in [-0.3, -0.25) is 4.90 Å². The molecular weight excluding hydrogens is 170 g/mol. The molecule has 0 unspecified atom stereocenters. The van der Waals surface area contributed by atoms with Gasteiger partial charge in [0.05, 0.1) is 0 Å². The van der Waals surface area contributed by atoms with Crippen molar-refractivity contribution in [3.05, 3.63) is 0 Å². The third-order valence-corrected chi connectivity index (χ3v) is 4.49. The van der Waals surface area contributed by atoms with Gasteiger partial charge < -0.3 is 0 Å². The highest BCUT2D eigenvalue weighted by Gasteiger charge is 2.48. The van der Waals surface area contributed by atoms with E-state index < -0.39 is 0 Å². The normalized spacial score (nSPS) is 31.7. The number of likely N-dealkylation sites (tertiary alicyclic amines) is 1. The molecule has 1 saturated heterocycles. The molecule has 0 aromatic heterocycles. The van der Waals surface area contributed by atoms with E-state index in [1.54, 1.807) is 0 Å². The molecule has 1 heterocycles. The Labute approximate surface area is 88.9 Å². The van der Waals surface area contributed by atoms with E-state index in [4.69, 9.17) is 0 Å². The molecule has 1 atom stereocenters. The van der Waals surface area contributed by atoms with Crippen LogP contribution in [0.5, 0.6) is 0 Å². The molecule has 82 valence electrons. The van der Waals surface area contributed by atoms with E-state index in [-0.39, 0.29) is 0 Å². The van der Waals surface area contributed by atoms with E-state index >= 15 is 0 Å². The first-order valence-corrected chi connectivity index (χ1v) is 6.26. The van der Waals surface area contributed by atoms with Gasteiger partial charge >= 0.3 is 0 Å². The fourth-order valence-corrected chi connectivity index (χ4v) is 3.29. The quantitative estimate of drug-likeness (QED) is 0.654. The fraction of sp³-hybridized carbons (Fsp3) is 1.00. The van der Waals surface area contributed by atoms with E-state index in [9.17, 15) is 0 Å². The lowest BCUT2D eigenvalue weighted by atomic mass is 9.76. The molecule has 1 heteroatoms. The summed E-state index contributed by atoms with van der Waals surface area (Å²) >= 11 is 0. The average molecular weight is 195 g/mol. The first-order chi connectivity index (χ1) is 6.52. The minimum Gasteiger partial charge on any atom is -0.300 e. The lowest BCUT2D eigenvalue weighted by Gasteiger charge is -2.51. The second-order valence-corrected chi connectivity index (χ2v) is 6.25. The smallest absolute Gasteiger partial charge is 0.00533 e. The first kappa shape index (κ1) is 10.5. The molecule has 1 saturated carbocycles. The molecule has 0 radical (unpaired) electrons. The van der Waals surface area contributed by atoms with E-state index in [2.05, 4.69) is 32.6 Å². The molecule has 14 heavy (non-hydrogen) atoms. The maximum Gasteiger partial charge on any atom is 0.00533 e. The monoisotopic (exact) mass is 195 g/mol. The van der Waals surface area contributed by atoms with Crippen molar-refractivity contribution in [3.63, 3.8) is 0 Å². The zero-order valence-electron chi connectivity index (χ0n) is 10.2. The van der Waals surface area contributed by atoms with Crippen LogP contribution in [0.1, 0.15) is 47.0 Å². The van der Waals surface area contributed by atoms with Crippen LogP contribution < -0.4 is 0 Å². The Balaban J connectivity index is 1.86. The minimum absolute atomic E-state index is 0.749. The van der Waals surface area contributed by atoms with E-state index in [0.29, 0.717) is 0 Å². The van der Waals surface area contributed by atoms with Gasteiger partial charge in [0, 0.05) is 19.1 Å². The molecule has 2 fully saturated rings. The summed E-state index contributed by atoms with van der Waals surface area (Å²) in [6, 6.07) is 0.763. The Bertz CT molecular complexity index is 201. The number of hydrogen-bond acceptors (Lipinski definition) is 1. The molecule has 1 nitrogen and oxygen atoms in total. The van der Waals surface area contributed by atoms with Crippen LogP contribution in [-0.2, 0) is 0 Å². The second-order valence-electron chi connectivity index (χ2n) is 6.25. The summed E-state index contributed by atoms with van der Waals surface area (Å²) in [7, 11) is 0. The molecule has 2 rings (SSSR count). The van der Waals surface area contributed by atoms with Crippen molar-refractivity contribution >= 4 is 0 Å². The summed E-state index contributed by atoms with van der Waals surface area (Å²) in [5.41, 5.74) is 0.749. The lowest BCUT2D eigenvalue weighted by molar-refractivity contribution is -0.0206. The summed E-state index contributed by atoms with van der Waals surface area (Å²) < 4.78 is 0. The maximum absolute atomic E-state index is 2.63. The molecule has 0 amide bonds. The summed E-state index contributed by atoms with van der Waals surface area (Å²) in [6.45, 7) is 12.2. The van der Waals surface area contributed by atoms with Gasteiger partial charge in [-0.15, -0.1) is 0 Å². The fourth-order valence-electron chi connectivity index (χ4n) is 3.29. The molecule has 1 spiro atoms. The van der Waals surface area contributed by atoms with Crippen molar-refractivity contribution in [2.45, 2.75) is 53.0 Å². The van der Waals surface area contributed by atoms with E-state index in [0.717, 1.165) is 23.3 Å². The molecule has 2 aliphatic rings. The van der Waals surface area contributed by atoms with Crippen LogP contribution in [0.3, 0.4) is 0 Å². The average Bonchev–Trinajstić information content (AvgIpc) is 2.44. The van der Waals surface area contributed by atoms with Gasteiger partial charge in [-0.05, 0) is 50.4 Å². The van der Waals surface area contributed by atoms with Crippen molar-refractivity contribution in [1.29, 1.82) is 0 Å². The van der Waals surface area contributed by atoms with Gasteiger partial charge in [0.15, 0.2) is 0 Å². The van der Waals surface area contributed by atoms with Gasteiger partial charge in [0.1, 0.15) is 0 Å². The van der Waals surface area contributed by atoms with Crippen LogP contribution in [0.15, 0.2) is 0 Å². The minimum atomic E-state index is 0.749. The Morgan fingerprint density at radius 1 is 1.14 bits per heavy atom. The maximum atomic E-state index is 2.63. The van der Waals surface area contributed by atoms with Gasteiger partial charge in [-0.25, -0.2) is 0 Å². The molecular formula is C13H25N. The van der Waals surface area contributed by atoms with Crippen molar-refractivity contribution in [2.24, 2.45) is 17.3 Å². The van der Waals surface area contributed by atoms with Gasteiger partial charge in [-0.1, -0.05) is 13.8 Å². The van der Waals surface area contributed by atoms with Crippen molar-refractivity contribution in [2.75, 3.05) is 13.1 Å². The van der Waals surface area contributed by atoms with Gasteiger partial charge in [0.25, 0.3) is 0 Å². The van der Waals surface area contributed by atoms with Crippen LogP contribution in [0, 0.1) is 17.3 Å². The lowest BCUT2D eigenvalue weighted by Crippen LogP contribution is -2.57. The van der Waals surface area contributed by atoms with Crippen molar-refractivity contribution < 1.29 is 0 Å². The third kappa shape index (κ3) is 1.71. The van der Waals surface area contributed by atoms with Crippen LogP contribution in [0.2, 0.25) is 0 Å². The number of nitrogens with zero attached hydrogens (tertiary/aromatic N) is 1. The Morgan fingerprint density at radius 2 is 1.79 bits per heavy atom. The van der Waals surface area contributed by atoms with Gasteiger partial charge in [-0.2, -0.15) is 0 Å². The zero-order valence-corrected chi connectivity index (χ0v) is 10.2. The summed E-state index contributed by atoms with van der Waals surface area (Å²) in [5, 5.41) is 0. The molecule has 1 aliphatic heterocycles. The van der Waals surface area contributed by atoms with E-state index in [1.165, 1.54) is 32.4 Å². The van der Waals surface area contributed by atoms with Crippen LogP contribution in [0.4, 0.5) is 0 Å². The first-order valence-electron chi connectivity index (χ1n) is 6.26. The van der Waals surface area contributed by atoms with Crippen LogP contribution in [0.25, 0.3) is 0 Å². The van der Waals surface area contributed by atoms with Crippen LogP contribution >= 0.6 is 0 Å². The predicted molar refractivity (Wildman–Crippen MR) is 61.3 cm³/mol. The Kier molecular flexibility index (Phi) is 2.63. The van der Waals surface area contributed by atoms with Crippen molar-refractivity contribution in [3.8, 4) is 0 Å². The van der Waals surface area contributed by atoms with Crippen LogP contribution in [-0.4, -0.2) is 24.0 Å². The second kappa shape index (κ2) is 3.52. The summed E-state index contributed by atoms with van der Waals surface area (Å²) in [6.07, 6.45) is 4.50. The van der Waals surface area contributed by atoms with E-state index in [1.807, 2.05) is 0 Å². The number of hydrogen-bond donors (Lipinski definition) is 0.